The Morgan fingerprint density at radius 3 is 2.12 bits per heavy atom. The van der Waals surface area contributed by atoms with Gasteiger partial charge in [-0.2, -0.15) is 0 Å². The molecule has 33 heavy (non-hydrogen) atoms. The highest BCUT2D eigenvalue weighted by Crippen LogP contribution is 2.30. The van der Waals surface area contributed by atoms with Crippen LogP contribution in [0.4, 0.5) is 0 Å². The highest BCUT2D eigenvalue weighted by Gasteiger charge is 2.32. The van der Waals surface area contributed by atoms with Gasteiger partial charge < -0.3 is 15.0 Å². The van der Waals surface area contributed by atoms with E-state index in [2.05, 4.69) is 5.32 Å². The van der Waals surface area contributed by atoms with Gasteiger partial charge in [-0.1, -0.05) is 44.6 Å². The average Bonchev–Trinajstić information content (AvgIpc) is 3.38. The molecule has 2 amide bonds. The SMILES string of the molecule is O=C(CCC(=O)c1cccs1)NCCC(=O)OCC(=O)N(C1CCCCC1)C1CCCCC1. The monoisotopic (exact) mass is 476 g/mol. The average molecular weight is 477 g/mol. The van der Waals surface area contributed by atoms with Crippen molar-refractivity contribution in [3.8, 4) is 0 Å². The van der Waals surface area contributed by atoms with E-state index in [0.29, 0.717) is 4.88 Å². The topological polar surface area (TPSA) is 92.8 Å². The molecule has 0 bridgehead atoms. The van der Waals surface area contributed by atoms with Crippen LogP contribution in [0.15, 0.2) is 17.5 Å². The number of nitrogens with one attached hydrogen (secondary N) is 1. The third-order valence-corrected chi connectivity index (χ3v) is 7.52. The van der Waals surface area contributed by atoms with Crippen molar-refractivity contribution >= 4 is 34.9 Å². The molecule has 8 heteroatoms. The third kappa shape index (κ3) is 8.25. The maximum Gasteiger partial charge on any atom is 0.308 e. The first-order valence-corrected chi connectivity index (χ1v) is 13.2. The van der Waals surface area contributed by atoms with Crippen LogP contribution in [0, 0.1) is 0 Å². The maximum absolute atomic E-state index is 13.0. The number of Topliss-reactive ketones (excluding diaryl/α,β-unsaturated/α-hetero) is 1. The first kappa shape index (κ1) is 25.4. The van der Waals surface area contributed by atoms with Crippen LogP contribution < -0.4 is 5.32 Å². The van der Waals surface area contributed by atoms with Gasteiger partial charge in [-0.15, -0.1) is 11.3 Å². The normalized spacial score (nSPS) is 17.3. The molecule has 2 saturated carbocycles. The molecule has 2 aliphatic carbocycles. The fraction of sp³-hybridized carbons (Fsp3) is 0.680. The second kappa shape index (κ2) is 13.5. The Balaban J connectivity index is 1.36. The minimum atomic E-state index is -0.495. The fourth-order valence-electron chi connectivity index (χ4n) is 4.89. The molecule has 1 aromatic rings. The molecule has 0 atom stereocenters. The molecule has 0 radical (unpaired) electrons. The minimum absolute atomic E-state index is 0.00471. The van der Waals surface area contributed by atoms with Crippen molar-refractivity contribution in [3.63, 3.8) is 0 Å². The molecule has 2 fully saturated rings. The largest absolute Gasteiger partial charge is 0.456 e. The van der Waals surface area contributed by atoms with Crippen LogP contribution >= 0.6 is 11.3 Å². The maximum atomic E-state index is 13.0. The number of ether oxygens (including phenoxy) is 1. The zero-order valence-electron chi connectivity index (χ0n) is 19.4. The molecule has 7 nitrogen and oxygen atoms in total. The van der Waals surface area contributed by atoms with Crippen molar-refractivity contribution in [2.45, 2.75) is 95.6 Å². The number of nitrogens with zero attached hydrogens (tertiary/aromatic N) is 1. The van der Waals surface area contributed by atoms with Gasteiger partial charge in [0.2, 0.25) is 5.91 Å². The summed E-state index contributed by atoms with van der Waals surface area (Å²) in [6.07, 6.45) is 11.5. The predicted octanol–water partition coefficient (Wildman–Crippen LogP) is 4.25. The number of esters is 1. The van der Waals surface area contributed by atoms with Gasteiger partial charge in [-0.3, -0.25) is 19.2 Å². The van der Waals surface area contributed by atoms with Gasteiger partial charge in [-0.05, 0) is 37.1 Å². The number of hydrogen-bond donors (Lipinski definition) is 1. The number of carbonyl (C=O) groups is 4. The van der Waals surface area contributed by atoms with Crippen LogP contribution in [0.5, 0.6) is 0 Å². The van der Waals surface area contributed by atoms with E-state index in [1.165, 1.54) is 24.2 Å². The predicted molar refractivity (Wildman–Crippen MR) is 127 cm³/mol. The van der Waals surface area contributed by atoms with Gasteiger partial charge in [0.05, 0.1) is 11.3 Å². The summed E-state index contributed by atoms with van der Waals surface area (Å²) >= 11 is 1.36. The van der Waals surface area contributed by atoms with Crippen molar-refractivity contribution in [3.05, 3.63) is 22.4 Å². The molecule has 0 spiro atoms. The van der Waals surface area contributed by atoms with E-state index in [0.717, 1.165) is 51.4 Å². The summed E-state index contributed by atoms with van der Waals surface area (Å²) in [4.78, 5) is 51.7. The smallest absolute Gasteiger partial charge is 0.308 e. The number of ketones is 1. The number of rotatable bonds is 11. The Labute approximate surface area is 200 Å². The van der Waals surface area contributed by atoms with E-state index < -0.39 is 5.97 Å². The summed E-state index contributed by atoms with van der Waals surface area (Å²) in [5.74, 6) is -0.910. The van der Waals surface area contributed by atoms with E-state index in [4.69, 9.17) is 4.74 Å². The van der Waals surface area contributed by atoms with E-state index in [9.17, 15) is 19.2 Å². The Morgan fingerprint density at radius 2 is 1.55 bits per heavy atom. The van der Waals surface area contributed by atoms with E-state index in [1.54, 1.807) is 12.1 Å². The Morgan fingerprint density at radius 1 is 0.909 bits per heavy atom. The van der Waals surface area contributed by atoms with Crippen LogP contribution in [-0.4, -0.2) is 53.7 Å². The lowest BCUT2D eigenvalue weighted by Gasteiger charge is -2.41. The standard InChI is InChI=1S/C25H36N2O5S/c28-21(22-12-7-17-33-22)13-14-23(29)26-16-15-25(31)32-18-24(30)27(19-8-3-1-4-9-19)20-10-5-2-6-11-20/h7,12,17,19-20H,1-6,8-11,13-16,18H2,(H,26,29). The molecule has 2 aliphatic rings. The van der Waals surface area contributed by atoms with E-state index in [1.807, 2.05) is 10.3 Å². The lowest BCUT2D eigenvalue weighted by atomic mass is 9.88. The van der Waals surface area contributed by atoms with Gasteiger partial charge >= 0.3 is 5.97 Å². The first-order valence-electron chi connectivity index (χ1n) is 12.3. The van der Waals surface area contributed by atoms with Crippen molar-refractivity contribution in [1.82, 2.24) is 10.2 Å². The van der Waals surface area contributed by atoms with Crippen LogP contribution in [0.3, 0.4) is 0 Å². The molecule has 1 aromatic heterocycles. The second-order valence-corrected chi connectivity index (χ2v) is 9.99. The van der Waals surface area contributed by atoms with Gasteiger partial charge in [-0.25, -0.2) is 0 Å². The molecular formula is C25H36N2O5S. The van der Waals surface area contributed by atoms with E-state index >= 15 is 0 Å². The summed E-state index contributed by atoms with van der Waals surface area (Å²) < 4.78 is 5.26. The zero-order chi connectivity index (χ0) is 23.5. The molecule has 182 valence electrons. The lowest BCUT2D eigenvalue weighted by molar-refractivity contribution is -0.155. The Kier molecular flexibility index (Phi) is 10.4. The van der Waals surface area contributed by atoms with Crippen LogP contribution in [0.1, 0.15) is 93.1 Å². The molecular weight excluding hydrogens is 440 g/mol. The molecule has 0 aliphatic heterocycles. The second-order valence-electron chi connectivity index (χ2n) is 9.05. The number of carbonyl (C=O) groups excluding carboxylic acids is 4. The number of thiophene rings is 1. The highest BCUT2D eigenvalue weighted by atomic mass is 32.1. The summed E-state index contributed by atoms with van der Waals surface area (Å²) in [5, 5.41) is 4.47. The molecule has 0 unspecified atom stereocenters. The third-order valence-electron chi connectivity index (χ3n) is 6.61. The molecule has 0 aromatic carbocycles. The van der Waals surface area contributed by atoms with Crippen molar-refractivity contribution in [2.24, 2.45) is 0 Å². The minimum Gasteiger partial charge on any atom is -0.456 e. The van der Waals surface area contributed by atoms with Crippen LogP contribution in [0.25, 0.3) is 0 Å². The summed E-state index contributed by atoms with van der Waals surface area (Å²) in [5.41, 5.74) is 0. The fourth-order valence-corrected chi connectivity index (χ4v) is 5.59. The van der Waals surface area contributed by atoms with Crippen LogP contribution in [0.2, 0.25) is 0 Å². The lowest BCUT2D eigenvalue weighted by Crippen LogP contribution is -2.50. The summed E-state index contributed by atoms with van der Waals surface area (Å²) in [7, 11) is 0. The van der Waals surface area contributed by atoms with Gasteiger partial charge in [0.15, 0.2) is 12.4 Å². The number of hydrogen-bond acceptors (Lipinski definition) is 6. The first-order chi connectivity index (χ1) is 16.0. The highest BCUT2D eigenvalue weighted by molar-refractivity contribution is 7.12. The molecule has 1 heterocycles. The molecule has 3 rings (SSSR count). The number of amides is 2. The Hall–Kier alpha value is -2.22. The van der Waals surface area contributed by atoms with Crippen LogP contribution in [-0.2, 0) is 19.1 Å². The molecule has 0 saturated heterocycles. The van der Waals surface area contributed by atoms with Gasteiger partial charge in [0, 0.05) is 31.5 Å². The van der Waals surface area contributed by atoms with Gasteiger partial charge in [0.1, 0.15) is 0 Å². The zero-order valence-corrected chi connectivity index (χ0v) is 20.2. The van der Waals surface area contributed by atoms with Crippen molar-refractivity contribution in [1.29, 1.82) is 0 Å². The summed E-state index contributed by atoms with van der Waals surface area (Å²) in [6.45, 7) is -0.0941. The van der Waals surface area contributed by atoms with E-state index in [-0.39, 0.29) is 62.1 Å². The Bertz CT molecular complexity index is 765. The van der Waals surface area contributed by atoms with Crippen molar-refractivity contribution < 1.29 is 23.9 Å². The summed E-state index contributed by atoms with van der Waals surface area (Å²) in [6, 6.07) is 4.08. The van der Waals surface area contributed by atoms with Crippen molar-refractivity contribution in [2.75, 3.05) is 13.2 Å². The molecule has 1 N–H and O–H groups in total. The van der Waals surface area contributed by atoms with Gasteiger partial charge in [0.25, 0.3) is 5.91 Å². The quantitative estimate of drug-likeness (QED) is 0.381.